The van der Waals surface area contributed by atoms with Crippen molar-refractivity contribution in [3.8, 4) is 11.4 Å². The van der Waals surface area contributed by atoms with Crippen LogP contribution in [-0.2, 0) is 16.0 Å². The average molecular weight is 434 g/mol. The third kappa shape index (κ3) is 4.60. The van der Waals surface area contributed by atoms with Crippen LogP contribution < -0.4 is 0 Å². The molecular weight excluding hydrogens is 406 g/mol. The minimum absolute atomic E-state index is 0.0438. The number of esters is 1. The molecule has 1 aliphatic carbocycles. The smallest absolute Gasteiger partial charge is 0.327 e. The van der Waals surface area contributed by atoms with Gasteiger partial charge in [0, 0.05) is 5.56 Å². The van der Waals surface area contributed by atoms with Gasteiger partial charge in [-0.1, -0.05) is 67.9 Å². The van der Waals surface area contributed by atoms with Crippen LogP contribution in [0.25, 0.3) is 11.4 Å². The molecule has 3 unspecified atom stereocenters. The molecule has 146 valence electrons. The quantitative estimate of drug-likeness (QED) is 0.526. The van der Waals surface area contributed by atoms with Crippen LogP contribution in [0.15, 0.2) is 24.3 Å². The molecule has 0 bridgehead atoms. The Morgan fingerprint density at radius 1 is 1.22 bits per heavy atom. The number of hydrogen-bond acceptors (Lipinski definition) is 4. The minimum atomic E-state index is -0.646. The Labute approximate surface area is 169 Å². The van der Waals surface area contributed by atoms with Crippen LogP contribution in [0.5, 0.6) is 0 Å². The first-order valence-corrected chi connectivity index (χ1v) is 10.7. The number of ether oxygens (including phenoxy) is 1. The summed E-state index contributed by atoms with van der Waals surface area (Å²) < 4.78 is 5.85. The zero-order valence-corrected chi connectivity index (χ0v) is 18.0. The zero-order valence-electron chi connectivity index (χ0n) is 16.4. The normalized spacial score (nSPS) is 26.6. The number of nitrogens with one attached hydrogen (secondary N) is 1. The molecule has 2 aromatic rings. The zero-order chi connectivity index (χ0) is 19.6. The van der Waals surface area contributed by atoms with Gasteiger partial charge in [-0.3, -0.25) is 9.89 Å². The van der Waals surface area contributed by atoms with E-state index in [1.807, 2.05) is 12.1 Å². The van der Waals surface area contributed by atoms with Gasteiger partial charge in [0.05, 0.1) is 0 Å². The standard InChI is InChI=1S/C21H28BrN3O2/c1-5-15-6-8-16(9-7-15)19-23-20(25-24-19)17(22)21(26)27-18-13(3)10-12(2)11-14(18)4/h6-9,12-14,17-18H,5,10-11H2,1-4H3,(H,23,24,25). The van der Waals surface area contributed by atoms with Crippen molar-refractivity contribution < 1.29 is 9.53 Å². The second-order valence-electron chi connectivity index (χ2n) is 7.89. The third-order valence-electron chi connectivity index (χ3n) is 5.49. The molecule has 6 heteroatoms. The van der Waals surface area contributed by atoms with Crippen molar-refractivity contribution in [2.24, 2.45) is 17.8 Å². The van der Waals surface area contributed by atoms with Crippen molar-refractivity contribution in [1.82, 2.24) is 15.2 Å². The molecule has 1 heterocycles. The highest BCUT2D eigenvalue weighted by atomic mass is 79.9. The van der Waals surface area contributed by atoms with Gasteiger partial charge in [-0.2, -0.15) is 5.10 Å². The summed E-state index contributed by atoms with van der Waals surface area (Å²) in [6.07, 6.45) is 3.13. The van der Waals surface area contributed by atoms with Crippen LogP contribution in [0.2, 0.25) is 0 Å². The fraction of sp³-hybridized carbons (Fsp3) is 0.571. The number of rotatable bonds is 5. The van der Waals surface area contributed by atoms with E-state index < -0.39 is 4.83 Å². The first-order valence-electron chi connectivity index (χ1n) is 9.75. The van der Waals surface area contributed by atoms with E-state index >= 15 is 0 Å². The van der Waals surface area contributed by atoms with E-state index in [1.54, 1.807) is 0 Å². The van der Waals surface area contributed by atoms with E-state index in [4.69, 9.17) is 4.74 Å². The lowest BCUT2D eigenvalue weighted by Crippen LogP contribution is -2.38. The maximum absolute atomic E-state index is 12.7. The number of alkyl halides is 1. The summed E-state index contributed by atoms with van der Waals surface area (Å²) in [4.78, 5) is 16.5. The number of carbonyl (C=O) groups is 1. The molecule has 3 atom stereocenters. The second kappa shape index (κ2) is 8.55. The molecule has 1 aliphatic rings. The molecule has 1 saturated carbocycles. The number of halogens is 1. The second-order valence-corrected chi connectivity index (χ2v) is 8.81. The number of hydrogen-bond donors (Lipinski definition) is 1. The van der Waals surface area contributed by atoms with Crippen LogP contribution in [0, 0.1) is 17.8 Å². The van der Waals surface area contributed by atoms with E-state index in [0.29, 0.717) is 29.4 Å². The van der Waals surface area contributed by atoms with E-state index in [0.717, 1.165) is 24.8 Å². The Kier molecular flexibility index (Phi) is 6.35. The van der Waals surface area contributed by atoms with Gasteiger partial charge in [-0.15, -0.1) is 0 Å². The lowest BCUT2D eigenvalue weighted by molar-refractivity contribution is -0.157. The Morgan fingerprint density at radius 3 is 2.44 bits per heavy atom. The van der Waals surface area contributed by atoms with Crippen molar-refractivity contribution in [2.75, 3.05) is 0 Å². The van der Waals surface area contributed by atoms with Gasteiger partial charge in [0.1, 0.15) is 11.9 Å². The topological polar surface area (TPSA) is 67.9 Å². The summed E-state index contributed by atoms with van der Waals surface area (Å²) >= 11 is 3.43. The van der Waals surface area contributed by atoms with Gasteiger partial charge < -0.3 is 4.74 Å². The maximum atomic E-state index is 12.7. The molecule has 1 aromatic carbocycles. The van der Waals surface area contributed by atoms with E-state index in [-0.39, 0.29) is 12.1 Å². The highest BCUT2D eigenvalue weighted by Gasteiger charge is 2.36. The molecule has 3 rings (SSSR count). The highest BCUT2D eigenvalue weighted by Crippen LogP contribution is 2.36. The van der Waals surface area contributed by atoms with Gasteiger partial charge in [-0.05, 0) is 42.6 Å². The van der Waals surface area contributed by atoms with Crippen LogP contribution in [0.4, 0.5) is 0 Å². The van der Waals surface area contributed by atoms with Crippen molar-refractivity contribution >= 4 is 21.9 Å². The van der Waals surface area contributed by atoms with Gasteiger partial charge in [0.2, 0.25) is 0 Å². The molecule has 1 N–H and O–H groups in total. The molecule has 5 nitrogen and oxygen atoms in total. The van der Waals surface area contributed by atoms with Gasteiger partial charge in [-0.25, -0.2) is 4.98 Å². The van der Waals surface area contributed by atoms with E-state index in [1.165, 1.54) is 5.56 Å². The van der Waals surface area contributed by atoms with Crippen LogP contribution in [0.1, 0.15) is 56.8 Å². The Morgan fingerprint density at radius 2 is 1.85 bits per heavy atom. The molecule has 0 saturated heterocycles. The number of carbonyl (C=O) groups excluding carboxylic acids is 1. The Hall–Kier alpha value is -1.69. The van der Waals surface area contributed by atoms with Gasteiger partial charge in [0.15, 0.2) is 10.7 Å². The predicted octanol–water partition coefficient (Wildman–Crippen LogP) is 5.08. The summed E-state index contributed by atoms with van der Waals surface area (Å²) in [5.74, 6) is 2.17. The maximum Gasteiger partial charge on any atom is 0.327 e. The summed E-state index contributed by atoms with van der Waals surface area (Å²) in [7, 11) is 0. The van der Waals surface area contributed by atoms with Crippen molar-refractivity contribution in [3.63, 3.8) is 0 Å². The van der Waals surface area contributed by atoms with Gasteiger partial charge in [0.25, 0.3) is 0 Å². The number of aryl methyl sites for hydroxylation is 1. The molecular formula is C21H28BrN3O2. The third-order valence-corrected chi connectivity index (χ3v) is 6.30. The summed E-state index contributed by atoms with van der Waals surface area (Å²) in [6.45, 7) is 8.72. The van der Waals surface area contributed by atoms with Crippen molar-refractivity contribution in [2.45, 2.75) is 57.9 Å². The largest absolute Gasteiger partial charge is 0.461 e. The first kappa shape index (κ1) is 20.1. The molecule has 27 heavy (non-hydrogen) atoms. The molecule has 0 amide bonds. The molecule has 0 radical (unpaired) electrons. The summed E-state index contributed by atoms with van der Waals surface area (Å²) in [5, 5.41) is 7.13. The molecule has 0 spiro atoms. The minimum Gasteiger partial charge on any atom is -0.461 e. The fourth-order valence-electron chi connectivity index (χ4n) is 4.14. The number of H-pyrrole nitrogens is 1. The SMILES string of the molecule is CCc1ccc(-c2n[nH]c(C(Br)C(=O)OC3C(C)CC(C)CC3C)n2)cc1. The van der Waals surface area contributed by atoms with Gasteiger partial charge >= 0.3 is 5.97 Å². The van der Waals surface area contributed by atoms with E-state index in [9.17, 15) is 4.79 Å². The van der Waals surface area contributed by atoms with Crippen LogP contribution >= 0.6 is 15.9 Å². The lowest BCUT2D eigenvalue weighted by Gasteiger charge is -2.37. The van der Waals surface area contributed by atoms with Crippen molar-refractivity contribution in [1.29, 1.82) is 0 Å². The fourth-order valence-corrected chi connectivity index (χ4v) is 4.45. The summed E-state index contributed by atoms with van der Waals surface area (Å²) in [6, 6.07) is 8.13. The number of benzene rings is 1. The molecule has 1 fully saturated rings. The molecule has 0 aliphatic heterocycles. The number of aromatic amines is 1. The Balaban J connectivity index is 1.67. The average Bonchev–Trinajstić information content (AvgIpc) is 3.14. The number of aromatic nitrogens is 3. The van der Waals surface area contributed by atoms with E-state index in [2.05, 4.69) is 70.9 Å². The first-order chi connectivity index (χ1) is 12.9. The predicted molar refractivity (Wildman–Crippen MR) is 109 cm³/mol. The highest BCUT2D eigenvalue weighted by molar-refractivity contribution is 9.09. The van der Waals surface area contributed by atoms with Crippen LogP contribution in [0.3, 0.4) is 0 Å². The molecule has 1 aromatic heterocycles. The monoisotopic (exact) mass is 433 g/mol. The lowest BCUT2D eigenvalue weighted by atomic mass is 9.75. The summed E-state index contributed by atoms with van der Waals surface area (Å²) in [5.41, 5.74) is 2.19. The number of nitrogens with zero attached hydrogens (tertiary/aromatic N) is 2. The Bertz CT molecular complexity index is 762. The van der Waals surface area contributed by atoms with Crippen molar-refractivity contribution in [3.05, 3.63) is 35.7 Å². The van der Waals surface area contributed by atoms with Crippen LogP contribution in [-0.4, -0.2) is 27.3 Å².